The molecule has 1 heterocycles. The molecule has 0 unspecified atom stereocenters. The minimum absolute atomic E-state index is 0.0947. The van der Waals surface area contributed by atoms with Gasteiger partial charge in [-0.15, -0.1) is 0 Å². The van der Waals surface area contributed by atoms with Crippen molar-refractivity contribution in [2.75, 3.05) is 7.11 Å². The van der Waals surface area contributed by atoms with Crippen LogP contribution in [0.1, 0.15) is 42.4 Å². The molecule has 0 saturated carbocycles. The normalized spacial score (nSPS) is 13.8. The van der Waals surface area contributed by atoms with Gasteiger partial charge in [0.2, 0.25) is 0 Å². The summed E-state index contributed by atoms with van der Waals surface area (Å²) >= 11 is 6.01. The molecular weight excluding hydrogens is 400 g/mol. The molecule has 158 valence electrons. The van der Waals surface area contributed by atoms with Crippen LogP contribution in [0.2, 0.25) is 5.02 Å². The first kappa shape index (κ1) is 23.2. The molecular formula is C21H26ClF2N3O2. The Morgan fingerprint density at radius 2 is 1.93 bits per heavy atom. The smallest absolute Gasteiger partial charge is 0.253 e. The van der Waals surface area contributed by atoms with E-state index in [1.165, 1.54) is 7.11 Å². The van der Waals surface area contributed by atoms with Crippen LogP contribution >= 0.6 is 11.6 Å². The monoisotopic (exact) mass is 425 g/mol. The highest BCUT2D eigenvalue weighted by Gasteiger charge is 2.24. The second kappa shape index (κ2) is 9.61. The topological polar surface area (TPSA) is 77.2 Å². The third-order valence-electron chi connectivity index (χ3n) is 4.34. The number of hydrogen-bond donors (Lipinski definition) is 2. The fraction of sp³-hybridized carbons (Fsp3) is 0.429. The molecule has 1 aromatic carbocycles. The Morgan fingerprint density at radius 3 is 2.55 bits per heavy atom. The van der Waals surface area contributed by atoms with Gasteiger partial charge in [-0.25, -0.2) is 8.78 Å². The van der Waals surface area contributed by atoms with Crippen molar-refractivity contribution in [3.8, 4) is 0 Å². The molecule has 0 radical (unpaired) electrons. The van der Waals surface area contributed by atoms with Crippen molar-refractivity contribution < 1.29 is 18.3 Å². The molecule has 2 aromatic rings. The number of carbonyl (C=O) groups excluding carboxylic acids is 1. The fourth-order valence-electron chi connectivity index (χ4n) is 2.92. The number of nitrogens with two attached hydrogens (primary N) is 1. The second-order valence-electron chi connectivity index (χ2n) is 7.91. The van der Waals surface area contributed by atoms with E-state index >= 15 is 0 Å². The van der Waals surface area contributed by atoms with Gasteiger partial charge in [0.05, 0.1) is 17.4 Å². The van der Waals surface area contributed by atoms with Crippen LogP contribution in [0, 0.1) is 11.6 Å². The number of carbonyl (C=O) groups is 1. The molecule has 0 spiro atoms. The molecule has 0 bridgehead atoms. The lowest BCUT2D eigenvalue weighted by atomic mass is 9.96. The van der Waals surface area contributed by atoms with Crippen molar-refractivity contribution in [3.05, 3.63) is 63.9 Å². The molecule has 0 aliphatic carbocycles. The lowest BCUT2D eigenvalue weighted by molar-refractivity contribution is 0.0789. The first-order chi connectivity index (χ1) is 13.5. The number of methoxy groups -OCH3 is 1. The van der Waals surface area contributed by atoms with E-state index in [4.69, 9.17) is 22.1 Å². The van der Waals surface area contributed by atoms with Crippen molar-refractivity contribution in [2.24, 2.45) is 5.73 Å². The van der Waals surface area contributed by atoms with Crippen LogP contribution in [0.5, 0.6) is 0 Å². The van der Waals surface area contributed by atoms with E-state index in [0.29, 0.717) is 16.8 Å². The van der Waals surface area contributed by atoms with Gasteiger partial charge in [0.25, 0.3) is 5.91 Å². The standard InChI is InChI=1S/C21H26ClF2N3O2/c1-21(2,3)27-20(28)13-6-5-7-26-18(13)11-19(29-4)17(25)9-12-8-15(23)16(24)10-14(12)22/h5-8,10,17,19H,9,11,25H2,1-4H3,(H,27,28)/t17-,19+/m1/s1. The number of nitrogens with one attached hydrogen (secondary N) is 1. The summed E-state index contributed by atoms with van der Waals surface area (Å²) in [6.45, 7) is 5.67. The summed E-state index contributed by atoms with van der Waals surface area (Å²) in [6.07, 6.45) is 1.51. The molecule has 0 aliphatic heterocycles. The zero-order valence-electron chi connectivity index (χ0n) is 16.9. The number of ether oxygens (including phenoxy) is 1. The molecule has 0 fully saturated rings. The maximum Gasteiger partial charge on any atom is 0.253 e. The number of benzene rings is 1. The highest BCUT2D eigenvalue weighted by molar-refractivity contribution is 6.31. The van der Waals surface area contributed by atoms with Crippen LogP contribution in [0.3, 0.4) is 0 Å². The number of amides is 1. The molecule has 3 N–H and O–H groups in total. The molecule has 5 nitrogen and oxygen atoms in total. The largest absolute Gasteiger partial charge is 0.379 e. The van der Waals surface area contributed by atoms with Crippen LogP contribution in [0.25, 0.3) is 0 Å². The Labute approximate surface area is 174 Å². The van der Waals surface area contributed by atoms with Crippen molar-refractivity contribution in [1.29, 1.82) is 0 Å². The molecule has 2 atom stereocenters. The van der Waals surface area contributed by atoms with Crippen molar-refractivity contribution >= 4 is 17.5 Å². The van der Waals surface area contributed by atoms with Crippen LogP contribution in [-0.4, -0.2) is 35.7 Å². The first-order valence-electron chi connectivity index (χ1n) is 9.20. The van der Waals surface area contributed by atoms with Crippen LogP contribution < -0.4 is 11.1 Å². The minimum atomic E-state index is -1.02. The van der Waals surface area contributed by atoms with Gasteiger partial charge >= 0.3 is 0 Å². The first-order valence-corrected chi connectivity index (χ1v) is 9.58. The highest BCUT2D eigenvalue weighted by Crippen LogP contribution is 2.23. The molecule has 1 aromatic heterocycles. The zero-order valence-corrected chi connectivity index (χ0v) is 17.7. The van der Waals surface area contributed by atoms with Crippen molar-refractivity contribution in [3.63, 3.8) is 0 Å². The summed E-state index contributed by atoms with van der Waals surface area (Å²) in [5.74, 6) is -2.25. The number of rotatable bonds is 7. The Morgan fingerprint density at radius 1 is 1.28 bits per heavy atom. The van der Waals surface area contributed by atoms with E-state index < -0.39 is 29.3 Å². The van der Waals surface area contributed by atoms with E-state index in [2.05, 4.69) is 10.3 Å². The Hall–Kier alpha value is -2.09. The van der Waals surface area contributed by atoms with Gasteiger partial charge in [-0.3, -0.25) is 9.78 Å². The van der Waals surface area contributed by atoms with Crippen LogP contribution in [0.4, 0.5) is 8.78 Å². The lowest BCUT2D eigenvalue weighted by Crippen LogP contribution is -2.42. The Kier molecular flexibility index (Phi) is 7.68. The average molecular weight is 426 g/mol. The summed E-state index contributed by atoms with van der Waals surface area (Å²) in [7, 11) is 1.50. The quantitative estimate of drug-likeness (QED) is 0.663. The van der Waals surface area contributed by atoms with Gasteiger partial charge in [0.15, 0.2) is 11.6 Å². The van der Waals surface area contributed by atoms with Gasteiger partial charge in [-0.1, -0.05) is 11.6 Å². The third kappa shape index (κ3) is 6.45. The molecule has 0 aliphatic rings. The van der Waals surface area contributed by atoms with E-state index in [-0.39, 0.29) is 23.8 Å². The molecule has 1 amide bonds. The Bertz CT molecular complexity index is 871. The van der Waals surface area contributed by atoms with Gasteiger partial charge < -0.3 is 15.8 Å². The van der Waals surface area contributed by atoms with Crippen molar-refractivity contribution in [1.82, 2.24) is 10.3 Å². The second-order valence-corrected chi connectivity index (χ2v) is 8.31. The average Bonchev–Trinajstić information content (AvgIpc) is 2.62. The van der Waals surface area contributed by atoms with E-state index in [9.17, 15) is 13.6 Å². The molecule has 2 rings (SSSR count). The van der Waals surface area contributed by atoms with E-state index in [1.807, 2.05) is 20.8 Å². The zero-order chi connectivity index (χ0) is 21.8. The molecule has 8 heteroatoms. The maximum atomic E-state index is 13.6. The predicted molar refractivity (Wildman–Crippen MR) is 109 cm³/mol. The number of halogens is 3. The summed E-state index contributed by atoms with van der Waals surface area (Å²) in [5, 5.41) is 3.00. The minimum Gasteiger partial charge on any atom is -0.379 e. The summed E-state index contributed by atoms with van der Waals surface area (Å²) < 4.78 is 32.4. The number of pyridine rings is 1. The summed E-state index contributed by atoms with van der Waals surface area (Å²) in [4.78, 5) is 16.9. The predicted octanol–water partition coefficient (Wildman–Crippen LogP) is 3.67. The van der Waals surface area contributed by atoms with Gasteiger partial charge in [-0.2, -0.15) is 0 Å². The Balaban J connectivity index is 2.20. The highest BCUT2D eigenvalue weighted by atomic mass is 35.5. The fourth-order valence-corrected chi connectivity index (χ4v) is 3.15. The van der Waals surface area contributed by atoms with Gasteiger partial charge in [0.1, 0.15) is 0 Å². The van der Waals surface area contributed by atoms with Gasteiger partial charge in [0, 0.05) is 36.3 Å². The van der Waals surface area contributed by atoms with Gasteiger partial charge in [-0.05, 0) is 57.0 Å². The number of nitrogens with zero attached hydrogens (tertiary/aromatic N) is 1. The number of aromatic nitrogens is 1. The molecule has 29 heavy (non-hydrogen) atoms. The lowest BCUT2D eigenvalue weighted by Gasteiger charge is -2.25. The summed E-state index contributed by atoms with van der Waals surface area (Å²) in [6, 6.07) is 4.75. The molecule has 0 saturated heterocycles. The number of hydrogen-bond acceptors (Lipinski definition) is 4. The van der Waals surface area contributed by atoms with E-state index in [1.54, 1.807) is 18.3 Å². The summed E-state index contributed by atoms with van der Waals surface area (Å²) in [5.41, 5.74) is 7.22. The third-order valence-corrected chi connectivity index (χ3v) is 4.69. The van der Waals surface area contributed by atoms with Crippen LogP contribution in [-0.2, 0) is 17.6 Å². The SMILES string of the molecule is CO[C@@H](Cc1ncccc1C(=O)NC(C)(C)C)[C@H](N)Cc1cc(F)c(F)cc1Cl. The van der Waals surface area contributed by atoms with Crippen LogP contribution in [0.15, 0.2) is 30.5 Å². The maximum absolute atomic E-state index is 13.6. The van der Waals surface area contributed by atoms with E-state index in [0.717, 1.165) is 12.1 Å². The van der Waals surface area contributed by atoms with Crippen molar-refractivity contribution in [2.45, 2.75) is 51.3 Å².